The first-order valence-corrected chi connectivity index (χ1v) is 8.52. The minimum Gasteiger partial charge on any atom is -0.396 e. The molecule has 3 N–H and O–H groups in total. The molecule has 0 heterocycles. The van der Waals surface area contributed by atoms with Crippen LogP contribution in [0.5, 0.6) is 0 Å². The minimum atomic E-state index is -3.97. The van der Waals surface area contributed by atoms with Gasteiger partial charge in [-0.3, -0.25) is 4.79 Å². The molecule has 0 atom stereocenters. The first-order chi connectivity index (χ1) is 9.72. The van der Waals surface area contributed by atoms with Crippen LogP contribution in [0.1, 0.15) is 13.8 Å². The molecule has 0 aromatic heterocycles. The maximum absolute atomic E-state index is 13.2. The number of nitrogens with two attached hydrogens (primary N) is 1. The van der Waals surface area contributed by atoms with Crippen molar-refractivity contribution in [3.05, 3.63) is 22.4 Å². The molecular weight excluding hydrogens is 365 g/mol. The van der Waals surface area contributed by atoms with Gasteiger partial charge in [0.05, 0.1) is 17.1 Å². The number of amides is 1. The van der Waals surface area contributed by atoms with Gasteiger partial charge >= 0.3 is 0 Å². The van der Waals surface area contributed by atoms with Crippen LogP contribution in [0.15, 0.2) is 21.5 Å². The number of carbonyl (C=O) groups is 1. The minimum absolute atomic E-state index is 0.0389. The van der Waals surface area contributed by atoms with Gasteiger partial charge in [0.15, 0.2) is 0 Å². The lowest BCUT2D eigenvalue weighted by Crippen LogP contribution is -2.40. The molecule has 1 aromatic carbocycles. The third-order valence-corrected chi connectivity index (χ3v) is 5.23. The van der Waals surface area contributed by atoms with Crippen molar-refractivity contribution in [1.29, 1.82) is 0 Å². The summed E-state index contributed by atoms with van der Waals surface area (Å²) < 4.78 is 39.7. The predicted molar refractivity (Wildman–Crippen MR) is 81.6 cm³/mol. The molecule has 0 spiro atoms. The third-order valence-electron chi connectivity index (χ3n) is 2.87. The average molecular weight is 382 g/mol. The highest BCUT2D eigenvalue weighted by molar-refractivity contribution is 9.10. The van der Waals surface area contributed by atoms with Gasteiger partial charge in [-0.05, 0) is 41.9 Å². The Morgan fingerprint density at radius 1 is 1.38 bits per heavy atom. The summed E-state index contributed by atoms with van der Waals surface area (Å²) in [4.78, 5) is 13.1. The Morgan fingerprint density at radius 3 is 2.48 bits per heavy atom. The fraction of sp³-hybridized carbons (Fsp3) is 0.417. The number of hydrogen-bond donors (Lipinski definition) is 2. The van der Waals surface area contributed by atoms with E-state index in [-0.39, 0.29) is 27.5 Å². The van der Waals surface area contributed by atoms with Crippen molar-refractivity contribution in [2.45, 2.75) is 18.7 Å². The molecule has 0 aliphatic rings. The second-order valence-electron chi connectivity index (χ2n) is 4.19. The second kappa shape index (κ2) is 7.19. The molecule has 0 radical (unpaired) electrons. The second-order valence-corrected chi connectivity index (χ2v) is 6.78. The van der Waals surface area contributed by atoms with Crippen LogP contribution in [0.25, 0.3) is 0 Å². The zero-order chi connectivity index (χ0) is 16.2. The molecule has 0 fully saturated rings. The lowest BCUT2D eigenvalue weighted by Gasteiger charge is -2.19. The monoisotopic (exact) mass is 381 g/mol. The number of benzene rings is 1. The molecule has 6 nitrogen and oxygen atoms in total. The number of nitrogens with zero attached hydrogens (tertiary/aromatic N) is 1. The number of carbonyl (C=O) groups excluding carboxylic acids is 1. The summed E-state index contributed by atoms with van der Waals surface area (Å²) in [5, 5.41) is 0. The molecule has 21 heavy (non-hydrogen) atoms. The predicted octanol–water partition coefficient (Wildman–Crippen LogP) is 1.32. The van der Waals surface area contributed by atoms with Crippen molar-refractivity contribution < 1.29 is 17.6 Å². The molecule has 118 valence electrons. The SMILES string of the molecule is CCN(CC)C(=O)CNS(=O)(=O)c1cc(N)c(F)cc1Br. The number of sulfonamides is 1. The molecule has 9 heteroatoms. The smallest absolute Gasteiger partial charge is 0.242 e. The molecular formula is C12H17BrFN3O3S. The molecule has 0 bridgehead atoms. The molecule has 1 aromatic rings. The van der Waals surface area contributed by atoms with Crippen LogP contribution >= 0.6 is 15.9 Å². The van der Waals surface area contributed by atoms with Crippen LogP contribution in [0.3, 0.4) is 0 Å². The molecule has 0 aliphatic carbocycles. The largest absolute Gasteiger partial charge is 0.396 e. The zero-order valence-corrected chi connectivity index (χ0v) is 14.1. The van der Waals surface area contributed by atoms with Gasteiger partial charge in [0.1, 0.15) is 5.82 Å². The molecule has 0 saturated heterocycles. The first-order valence-electron chi connectivity index (χ1n) is 6.24. The van der Waals surface area contributed by atoms with Crippen molar-refractivity contribution in [2.75, 3.05) is 25.4 Å². The van der Waals surface area contributed by atoms with Gasteiger partial charge in [-0.1, -0.05) is 0 Å². The van der Waals surface area contributed by atoms with Crippen LogP contribution in [-0.2, 0) is 14.8 Å². The average Bonchev–Trinajstić information content (AvgIpc) is 2.42. The van der Waals surface area contributed by atoms with E-state index in [1.54, 1.807) is 13.8 Å². The van der Waals surface area contributed by atoms with Crippen LogP contribution in [0, 0.1) is 5.82 Å². The number of rotatable bonds is 6. The third kappa shape index (κ3) is 4.39. The molecule has 0 unspecified atom stereocenters. The van der Waals surface area contributed by atoms with Gasteiger partial charge in [0.25, 0.3) is 0 Å². The van der Waals surface area contributed by atoms with E-state index >= 15 is 0 Å². The quantitative estimate of drug-likeness (QED) is 0.726. The van der Waals surface area contributed by atoms with Crippen LogP contribution in [0.2, 0.25) is 0 Å². The van der Waals surface area contributed by atoms with Gasteiger partial charge < -0.3 is 10.6 Å². The van der Waals surface area contributed by atoms with Crippen LogP contribution in [-0.4, -0.2) is 38.9 Å². The van der Waals surface area contributed by atoms with E-state index < -0.39 is 15.8 Å². The number of nitrogens with one attached hydrogen (secondary N) is 1. The number of anilines is 1. The Balaban J connectivity index is 2.93. The lowest BCUT2D eigenvalue weighted by molar-refractivity contribution is -0.129. The fourth-order valence-corrected chi connectivity index (χ4v) is 3.69. The lowest BCUT2D eigenvalue weighted by atomic mass is 10.3. The van der Waals surface area contributed by atoms with Crippen molar-refractivity contribution in [2.24, 2.45) is 0 Å². The Labute approximate surface area is 131 Å². The molecule has 1 amide bonds. The summed E-state index contributed by atoms with van der Waals surface area (Å²) in [6, 6.07) is 1.97. The first kappa shape index (κ1) is 17.9. The normalized spacial score (nSPS) is 11.4. The van der Waals surface area contributed by atoms with Gasteiger partial charge in [-0.2, -0.15) is 0 Å². The summed E-state index contributed by atoms with van der Waals surface area (Å²) in [7, 11) is -3.97. The fourth-order valence-electron chi connectivity index (χ4n) is 1.67. The van der Waals surface area contributed by atoms with Crippen molar-refractivity contribution in [1.82, 2.24) is 9.62 Å². The van der Waals surface area contributed by atoms with Crippen LogP contribution in [0.4, 0.5) is 10.1 Å². The summed E-state index contributed by atoms with van der Waals surface area (Å²) in [6.07, 6.45) is 0. The highest BCUT2D eigenvalue weighted by atomic mass is 79.9. The number of nitrogen functional groups attached to an aromatic ring is 1. The Morgan fingerprint density at radius 2 is 1.95 bits per heavy atom. The van der Waals surface area contributed by atoms with E-state index in [0.29, 0.717) is 13.1 Å². The van der Waals surface area contributed by atoms with Gasteiger partial charge in [-0.25, -0.2) is 17.5 Å². The van der Waals surface area contributed by atoms with Crippen molar-refractivity contribution in [3.8, 4) is 0 Å². The molecule has 0 aliphatic heterocycles. The number of halogens is 2. The highest BCUT2D eigenvalue weighted by Crippen LogP contribution is 2.26. The molecule has 1 rings (SSSR count). The van der Waals surface area contributed by atoms with E-state index in [1.807, 2.05) is 0 Å². The number of likely N-dealkylation sites (N-methyl/N-ethyl adjacent to an activating group) is 1. The van der Waals surface area contributed by atoms with E-state index in [0.717, 1.165) is 12.1 Å². The van der Waals surface area contributed by atoms with E-state index in [9.17, 15) is 17.6 Å². The zero-order valence-electron chi connectivity index (χ0n) is 11.7. The van der Waals surface area contributed by atoms with Gasteiger partial charge in [0, 0.05) is 17.6 Å². The number of hydrogen-bond acceptors (Lipinski definition) is 4. The van der Waals surface area contributed by atoms with Gasteiger partial charge in [0.2, 0.25) is 15.9 Å². The maximum Gasteiger partial charge on any atom is 0.242 e. The molecule has 0 saturated carbocycles. The Bertz CT molecular complexity index is 633. The van der Waals surface area contributed by atoms with E-state index in [2.05, 4.69) is 20.7 Å². The van der Waals surface area contributed by atoms with Crippen LogP contribution < -0.4 is 10.5 Å². The van der Waals surface area contributed by atoms with Crippen molar-refractivity contribution >= 4 is 37.5 Å². The maximum atomic E-state index is 13.2. The summed E-state index contributed by atoms with van der Waals surface area (Å²) in [5.41, 5.74) is 5.09. The summed E-state index contributed by atoms with van der Waals surface area (Å²) in [6.45, 7) is 4.21. The summed E-state index contributed by atoms with van der Waals surface area (Å²) in [5.74, 6) is -1.06. The topological polar surface area (TPSA) is 92.5 Å². The summed E-state index contributed by atoms with van der Waals surface area (Å²) >= 11 is 2.97. The standard InChI is InChI=1S/C12H17BrFN3O3S/c1-3-17(4-2)12(18)7-16-21(19,20)11-6-10(15)9(14)5-8(11)13/h5-6,16H,3-4,7,15H2,1-2H3. The van der Waals surface area contributed by atoms with E-state index in [4.69, 9.17) is 5.73 Å². The Kier molecular flexibility index (Phi) is 6.11. The van der Waals surface area contributed by atoms with Gasteiger partial charge in [-0.15, -0.1) is 0 Å². The Hall–Kier alpha value is -1.19. The van der Waals surface area contributed by atoms with E-state index in [1.165, 1.54) is 4.90 Å². The van der Waals surface area contributed by atoms with Crippen molar-refractivity contribution in [3.63, 3.8) is 0 Å². The highest BCUT2D eigenvalue weighted by Gasteiger charge is 2.21.